The molecule has 3 rings (SSSR count). The Morgan fingerprint density at radius 1 is 1.19 bits per heavy atom. The summed E-state index contributed by atoms with van der Waals surface area (Å²) in [6, 6.07) is 0. The number of fused-ring (bicyclic) bond motifs is 1. The third-order valence-electron chi connectivity index (χ3n) is 4.73. The van der Waals surface area contributed by atoms with Crippen LogP contribution in [0.4, 0.5) is 0 Å². The summed E-state index contributed by atoms with van der Waals surface area (Å²) in [5.41, 5.74) is 0.0213. The highest BCUT2D eigenvalue weighted by Gasteiger charge is 2.20. The topological polar surface area (TPSA) is 97.3 Å². The molecule has 2 aromatic heterocycles. The minimum atomic E-state index is -0.610. The normalized spacial score (nSPS) is 17.3. The number of rotatable bonds is 6. The second-order valence-electron chi connectivity index (χ2n) is 7.42. The zero-order valence-corrected chi connectivity index (χ0v) is 15.7. The van der Waals surface area contributed by atoms with Gasteiger partial charge < -0.3 is 15.0 Å². The first-order valence-corrected chi connectivity index (χ1v) is 9.14. The molecule has 1 aliphatic heterocycles. The standard InChI is InChI=1S/C17H28N6O3/c1-12(2)8-23-15-14(16(25)20(3)17(23)26)22(11-19-15)10-13(24)9-21-6-4-18-5-7-21/h11-13,18,24H,4-10H2,1-3H3. The molecule has 1 saturated heterocycles. The summed E-state index contributed by atoms with van der Waals surface area (Å²) < 4.78 is 4.33. The molecule has 0 bridgehead atoms. The van der Waals surface area contributed by atoms with Gasteiger partial charge in [0.2, 0.25) is 0 Å². The van der Waals surface area contributed by atoms with E-state index in [0.29, 0.717) is 24.3 Å². The van der Waals surface area contributed by atoms with E-state index in [2.05, 4.69) is 15.2 Å². The zero-order chi connectivity index (χ0) is 18.8. The fraction of sp³-hybridized carbons (Fsp3) is 0.706. The Balaban J connectivity index is 1.91. The lowest BCUT2D eigenvalue weighted by Gasteiger charge is -2.29. The molecule has 0 aliphatic carbocycles. The number of aromatic nitrogens is 4. The highest BCUT2D eigenvalue weighted by Crippen LogP contribution is 2.10. The molecular weight excluding hydrogens is 336 g/mol. The van der Waals surface area contributed by atoms with E-state index in [4.69, 9.17) is 0 Å². The predicted octanol–water partition coefficient (Wildman–Crippen LogP) is -1.18. The Kier molecular flexibility index (Phi) is 5.59. The molecule has 26 heavy (non-hydrogen) atoms. The van der Waals surface area contributed by atoms with Gasteiger partial charge in [0.15, 0.2) is 11.2 Å². The Bertz CT molecular complexity index is 875. The lowest BCUT2D eigenvalue weighted by Crippen LogP contribution is -2.47. The number of piperazine rings is 1. The molecule has 3 heterocycles. The van der Waals surface area contributed by atoms with Crippen molar-refractivity contribution in [2.75, 3.05) is 32.7 Å². The second kappa shape index (κ2) is 7.73. The van der Waals surface area contributed by atoms with Gasteiger partial charge in [-0.2, -0.15) is 0 Å². The highest BCUT2D eigenvalue weighted by atomic mass is 16.3. The zero-order valence-electron chi connectivity index (χ0n) is 15.7. The SMILES string of the molecule is CC(C)Cn1c(=O)n(C)c(=O)c2c1ncn2CC(O)CN1CCNCC1. The third kappa shape index (κ3) is 3.74. The van der Waals surface area contributed by atoms with Crippen LogP contribution in [0.3, 0.4) is 0 Å². The maximum absolute atomic E-state index is 12.6. The van der Waals surface area contributed by atoms with E-state index in [1.807, 2.05) is 13.8 Å². The first kappa shape index (κ1) is 18.8. The van der Waals surface area contributed by atoms with E-state index in [1.54, 1.807) is 15.5 Å². The summed E-state index contributed by atoms with van der Waals surface area (Å²) in [5, 5.41) is 13.8. The Labute approximate surface area is 151 Å². The molecule has 144 valence electrons. The molecule has 0 spiro atoms. The second-order valence-corrected chi connectivity index (χ2v) is 7.42. The lowest BCUT2D eigenvalue weighted by atomic mass is 10.2. The summed E-state index contributed by atoms with van der Waals surface area (Å²) in [4.78, 5) is 31.6. The lowest BCUT2D eigenvalue weighted by molar-refractivity contribution is 0.0925. The van der Waals surface area contributed by atoms with Crippen LogP contribution in [0, 0.1) is 5.92 Å². The summed E-state index contributed by atoms with van der Waals surface area (Å²) in [6.45, 7) is 8.97. The number of hydrogen-bond acceptors (Lipinski definition) is 6. The fourth-order valence-electron chi connectivity index (χ4n) is 3.45. The van der Waals surface area contributed by atoms with Gasteiger partial charge in [0, 0.05) is 46.3 Å². The molecule has 0 saturated carbocycles. The molecule has 9 heteroatoms. The first-order valence-electron chi connectivity index (χ1n) is 9.14. The summed E-state index contributed by atoms with van der Waals surface area (Å²) in [7, 11) is 1.48. The van der Waals surface area contributed by atoms with E-state index in [-0.39, 0.29) is 23.7 Å². The number of hydrogen-bond donors (Lipinski definition) is 2. The minimum absolute atomic E-state index is 0.247. The number of aliphatic hydroxyl groups is 1. The van der Waals surface area contributed by atoms with Crippen molar-refractivity contribution in [2.45, 2.75) is 33.0 Å². The van der Waals surface area contributed by atoms with Crippen molar-refractivity contribution in [3.05, 3.63) is 27.2 Å². The van der Waals surface area contributed by atoms with Crippen LogP contribution in [-0.2, 0) is 20.1 Å². The van der Waals surface area contributed by atoms with Gasteiger partial charge in [-0.3, -0.25) is 18.8 Å². The van der Waals surface area contributed by atoms with E-state index in [1.165, 1.54) is 7.05 Å². The average Bonchev–Trinajstić information content (AvgIpc) is 3.01. The average molecular weight is 364 g/mol. The third-order valence-corrected chi connectivity index (χ3v) is 4.73. The Hall–Kier alpha value is -1.97. The number of nitrogens with zero attached hydrogens (tertiary/aromatic N) is 5. The van der Waals surface area contributed by atoms with Gasteiger partial charge in [0.25, 0.3) is 5.56 Å². The molecule has 9 nitrogen and oxygen atoms in total. The van der Waals surface area contributed by atoms with Crippen molar-refractivity contribution in [2.24, 2.45) is 13.0 Å². The largest absolute Gasteiger partial charge is 0.390 e. The van der Waals surface area contributed by atoms with Gasteiger partial charge in [0.05, 0.1) is 19.0 Å². The molecule has 2 aromatic rings. The quantitative estimate of drug-likeness (QED) is 0.670. The van der Waals surface area contributed by atoms with E-state index in [9.17, 15) is 14.7 Å². The Morgan fingerprint density at radius 2 is 1.88 bits per heavy atom. The molecule has 1 aliphatic rings. The maximum atomic E-state index is 12.6. The first-order chi connectivity index (χ1) is 12.4. The van der Waals surface area contributed by atoms with Crippen LogP contribution in [0.25, 0.3) is 11.2 Å². The van der Waals surface area contributed by atoms with Crippen LogP contribution in [-0.4, -0.2) is 67.5 Å². The molecule has 1 unspecified atom stereocenters. The van der Waals surface area contributed by atoms with Gasteiger partial charge in [-0.15, -0.1) is 0 Å². The molecule has 1 atom stereocenters. The summed E-state index contributed by atoms with van der Waals surface area (Å²) in [5.74, 6) is 0.247. The van der Waals surface area contributed by atoms with Crippen LogP contribution in [0.1, 0.15) is 13.8 Å². The molecule has 1 fully saturated rings. The van der Waals surface area contributed by atoms with Crippen molar-refractivity contribution in [3.8, 4) is 0 Å². The fourth-order valence-corrected chi connectivity index (χ4v) is 3.45. The van der Waals surface area contributed by atoms with Gasteiger partial charge in [0.1, 0.15) is 0 Å². The van der Waals surface area contributed by atoms with E-state index >= 15 is 0 Å². The molecule has 0 radical (unpaired) electrons. The van der Waals surface area contributed by atoms with Crippen molar-refractivity contribution in [1.29, 1.82) is 0 Å². The molecule has 2 N–H and O–H groups in total. The van der Waals surface area contributed by atoms with E-state index in [0.717, 1.165) is 30.7 Å². The van der Waals surface area contributed by atoms with Crippen LogP contribution < -0.4 is 16.6 Å². The maximum Gasteiger partial charge on any atom is 0.332 e. The minimum Gasteiger partial charge on any atom is -0.390 e. The van der Waals surface area contributed by atoms with Crippen LogP contribution in [0.15, 0.2) is 15.9 Å². The van der Waals surface area contributed by atoms with E-state index < -0.39 is 6.10 Å². The highest BCUT2D eigenvalue weighted by molar-refractivity contribution is 5.70. The number of β-amino-alcohol motifs (C(OH)–C–C–N with tert-alkyl or cyclic N) is 1. The smallest absolute Gasteiger partial charge is 0.332 e. The number of imidazole rings is 1. The number of aliphatic hydroxyl groups excluding tert-OH is 1. The van der Waals surface area contributed by atoms with Gasteiger partial charge in [-0.25, -0.2) is 9.78 Å². The van der Waals surface area contributed by atoms with Crippen molar-refractivity contribution in [1.82, 2.24) is 28.9 Å². The van der Waals surface area contributed by atoms with Crippen molar-refractivity contribution >= 4 is 11.2 Å². The van der Waals surface area contributed by atoms with Gasteiger partial charge in [-0.1, -0.05) is 13.8 Å². The van der Waals surface area contributed by atoms with Crippen LogP contribution in [0.2, 0.25) is 0 Å². The summed E-state index contributed by atoms with van der Waals surface area (Å²) in [6.07, 6.45) is 0.934. The Morgan fingerprint density at radius 3 is 2.54 bits per heavy atom. The van der Waals surface area contributed by atoms with Gasteiger partial charge in [-0.05, 0) is 5.92 Å². The van der Waals surface area contributed by atoms with Crippen LogP contribution >= 0.6 is 0 Å². The predicted molar refractivity (Wildman–Crippen MR) is 99.4 cm³/mol. The number of nitrogens with one attached hydrogen (secondary N) is 1. The molecule has 0 amide bonds. The molecule has 0 aromatic carbocycles. The monoisotopic (exact) mass is 364 g/mol. The molecular formula is C17H28N6O3. The van der Waals surface area contributed by atoms with Crippen LogP contribution in [0.5, 0.6) is 0 Å². The van der Waals surface area contributed by atoms with Gasteiger partial charge >= 0.3 is 5.69 Å². The van der Waals surface area contributed by atoms with Crippen molar-refractivity contribution < 1.29 is 5.11 Å². The summed E-state index contributed by atoms with van der Waals surface area (Å²) >= 11 is 0. The van der Waals surface area contributed by atoms with Crippen molar-refractivity contribution in [3.63, 3.8) is 0 Å².